The zero-order valence-corrected chi connectivity index (χ0v) is 21.9. The molecule has 10 heteroatoms. The average molecular weight is 521 g/mol. The van der Waals surface area contributed by atoms with Crippen molar-refractivity contribution in [3.05, 3.63) is 57.1 Å². The van der Waals surface area contributed by atoms with E-state index in [-0.39, 0.29) is 22.0 Å². The van der Waals surface area contributed by atoms with Crippen LogP contribution < -0.4 is 5.32 Å². The van der Waals surface area contributed by atoms with Gasteiger partial charge >= 0.3 is 11.9 Å². The zero-order valence-electron chi connectivity index (χ0n) is 21.1. The molecule has 1 aromatic carbocycles. The summed E-state index contributed by atoms with van der Waals surface area (Å²) in [4.78, 5) is 45.5. The van der Waals surface area contributed by atoms with E-state index < -0.39 is 24.5 Å². The maximum atomic E-state index is 13.3. The Morgan fingerprint density at radius 3 is 2.70 bits per heavy atom. The van der Waals surface area contributed by atoms with Gasteiger partial charge < -0.3 is 14.8 Å². The third-order valence-electron chi connectivity index (χ3n) is 6.18. The van der Waals surface area contributed by atoms with E-state index in [1.54, 1.807) is 13.8 Å². The van der Waals surface area contributed by atoms with E-state index in [2.05, 4.69) is 17.1 Å². The van der Waals surface area contributed by atoms with Gasteiger partial charge in [-0.3, -0.25) is 14.7 Å². The monoisotopic (exact) mass is 520 g/mol. The first-order valence-corrected chi connectivity index (χ1v) is 13.0. The molecule has 1 N–H and O–H groups in total. The average Bonchev–Trinajstić information content (AvgIpc) is 3.20. The second-order valence-electron chi connectivity index (χ2n) is 8.67. The van der Waals surface area contributed by atoms with Crippen LogP contribution in [-0.4, -0.2) is 54.0 Å². The lowest BCUT2D eigenvalue weighted by Gasteiger charge is -2.29. The van der Waals surface area contributed by atoms with Gasteiger partial charge in [0.2, 0.25) is 0 Å². The van der Waals surface area contributed by atoms with Crippen molar-refractivity contribution >= 4 is 45.1 Å². The number of esters is 2. The summed E-state index contributed by atoms with van der Waals surface area (Å²) in [5, 5.41) is 13.0. The zero-order chi connectivity index (χ0) is 26.5. The predicted octanol–water partition coefficient (Wildman–Crippen LogP) is 4.22. The smallest absolute Gasteiger partial charge is 0.348 e. The van der Waals surface area contributed by atoms with Crippen molar-refractivity contribution < 1.29 is 23.9 Å². The maximum absolute atomic E-state index is 13.3. The first-order valence-electron chi connectivity index (χ1n) is 12.2. The molecule has 192 valence electrons. The quantitative estimate of drug-likeness (QED) is 0.438. The van der Waals surface area contributed by atoms with Crippen LogP contribution in [0.3, 0.4) is 0 Å². The molecule has 1 aliphatic rings. The van der Waals surface area contributed by atoms with Crippen molar-refractivity contribution in [1.29, 1.82) is 5.26 Å². The third kappa shape index (κ3) is 5.48. The van der Waals surface area contributed by atoms with Crippen LogP contribution in [0.4, 0.5) is 5.00 Å². The molecular formula is C27H28N4O5S. The number of amides is 1. The standard InChI is InChI=1S/C27H28N4O5S/c1-4-11-31-12-10-21-19(14-31)23(17-8-6-7-9-20(17)29-21)26(33)36-15-22(32)30-25-18(13-28)16(3)24(37-25)27(34)35-5-2/h6-9H,4-5,10-12,14-15H2,1-3H3,(H,30,32). The number of hydrogen-bond donors (Lipinski definition) is 1. The molecule has 1 aliphatic heterocycles. The van der Waals surface area contributed by atoms with Gasteiger partial charge in [-0.1, -0.05) is 25.1 Å². The summed E-state index contributed by atoms with van der Waals surface area (Å²) in [5.41, 5.74) is 3.47. The fraction of sp³-hybridized carbons (Fsp3) is 0.370. The summed E-state index contributed by atoms with van der Waals surface area (Å²) in [6, 6.07) is 9.43. The number of nitrogens with zero attached hydrogens (tertiary/aromatic N) is 3. The number of rotatable bonds is 8. The van der Waals surface area contributed by atoms with E-state index in [0.717, 1.165) is 48.5 Å². The van der Waals surface area contributed by atoms with E-state index >= 15 is 0 Å². The lowest BCUT2D eigenvalue weighted by Crippen LogP contribution is -2.33. The van der Waals surface area contributed by atoms with E-state index in [1.807, 2.05) is 30.3 Å². The normalized spacial score (nSPS) is 13.0. The second kappa shape index (κ2) is 11.5. The number of pyridine rings is 1. The SMILES string of the molecule is CCCN1CCc2nc3ccccc3c(C(=O)OCC(=O)Nc3sc(C(=O)OCC)c(C)c3C#N)c2C1. The van der Waals surface area contributed by atoms with Crippen molar-refractivity contribution in [3.63, 3.8) is 0 Å². The molecule has 0 atom stereocenters. The lowest BCUT2D eigenvalue weighted by atomic mass is 9.95. The number of carbonyl (C=O) groups is 3. The minimum atomic E-state index is -0.610. The molecule has 0 radical (unpaired) electrons. The van der Waals surface area contributed by atoms with Crippen molar-refractivity contribution in [1.82, 2.24) is 9.88 Å². The van der Waals surface area contributed by atoms with Crippen molar-refractivity contribution in [3.8, 4) is 6.07 Å². The van der Waals surface area contributed by atoms with E-state index in [1.165, 1.54) is 0 Å². The van der Waals surface area contributed by atoms with Crippen LogP contribution in [0.1, 0.15) is 62.7 Å². The third-order valence-corrected chi connectivity index (χ3v) is 7.36. The molecular weight excluding hydrogens is 492 g/mol. The van der Waals surface area contributed by atoms with Gasteiger partial charge in [-0.05, 0) is 38.4 Å². The van der Waals surface area contributed by atoms with Crippen LogP contribution in [0.5, 0.6) is 0 Å². The topological polar surface area (TPSA) is 122 Å². The Bertz CT molecular complexity index is 1410. The number of carbonyl (C=O) groups excluding carboxylic acids is 3. The highest BCUT2D eigenvalue weighted by molar-refractivity contribution is 7.18. The van der Waals surface area contributed by atoms with Gasteiger partial charge in [0, 0.05) is 36.2 Å². The lowest BCUT2D eigenvalue weighted by molar-refractivity contribution is -0.119. The molecule has 0 aliphatic carbocycles. The van der Waals surface area contributed by atoms with Crippen LogP contribution in [0.25, 0.3) is 10.9 Å². The number of nitrogens with one attached hydrogen (secondary N) is 1. The number of hydrogen-bond acceptors (Lipinski definition) is 9. The van der Waals surface area contributed by atoms with Crippen molar-refractivity contribution in [2.24, 2.45) is 0 Å². The van der Waals surface area contributed by atoms with E-state index in [0.29, 0.717) is 28.6 Å². The Labute approximate surface area is 219 Å². The molecule has 0 saturated carbocycles. The van der Waals surface area contributed by atoms with Gasteiger partial charge in [-0.25, -0.2) is 9.59 Å². The Hall–Kier alpha value is -3.81. The van der Waals surface area contributed by atoms with E-state index in [9.17, 15) is 19.6 Å². The molecule has 1 amide bonds. The number of thiophene rings is 1. The summed E-state index contributed by atoms with van der Waals surface area (Å²) in [7, 11) is 0. The maximum Gasteiger partial charge on any atom is 0.348 e. The first-order chi connectivity index (χ1) is 17.9. The Balaban J connectivity index is 1.54. The molecule has 3 heterocycles. The van der Waals surface area contributed by atoms with Crippen LogP contribution in [0.2, 0.25) is 0 Å². The van der Waals surface area contributed by atoms with Crippen LogP contribution in [0, 0.1) is 18.3 Å². The number of ether oxygens (including phenoxy) is 2. The summed E-state index contributed by atoms with van der Waals surface area (Å²) in [6.45, 7) is 7.46. The largest absolute Gasteiger partial charge is 0.462 e. The number of nitriles is 1. The molecule has 3 aromatic rings. The molecule has 0 bridgehead atoms. The van der Waals surface area contributed by atoms with Crippen LogP contribution in [0.15, 0.2) is 24.3 Å². The summed E-state index contributed by atoms with van der Waals surface area (Å²) >= 11 is 0.960. The fourth-order valence-corrected chi connectivity index (χ4v) is 5.55. The van der Waals surface area contributed by atoms with Gasteiger partial charge in [0.05, 0.1) is 23.3 Å². The van der Waals surface area contributed by atoms with Gasteiger partial charge in [0.25, 0.3) is 5.91 Å². The molecule has 2 aromatic heterocycles. The molecule has 37 heavy (non-hydrogen) atoms. The van der Waals surface area contributed by atoms with Crippen LogP contribution >= 0.6 is 11.3 Å². The van der Waals surface area contributed by atoms with Gasteiger partial charge in [-0.15, -0.1) is 11.3 Å². The van der Waals surface area contributed by atoms with Gasteiger partial charge in [0.1, 0.15) is 15.9 Å². The molecule has 9 nitrogen and oxygen atoms in total. The minimum absolute atomic E-state index is 0.179. The first kappa shape index (κ1) is 26.3. The number of aromatic nitrogens is 1. The summed E-state index contributed by atoms with van der Waals surface area (Å²) in [6.07, 6.45) is 1.74. The Morgan fingerprint density at radius 2 is 1.97 bits per heavy atom. The summed E-state index contributed by atoms with van der Waals surface area (Å²) < 4.78 is 10.5. The molecule has 0 saturated heterocycles. The fourth-order valence-electron chi connectivity index (χ4n) is 4.48. The van der Waals surface area contributed by atoms with Crippen LogP contribution in [-0.2, 0) is 27.2 Å². The van der Waals surface area contributed by atoms with Crippen molar-refractivity contribution in [2.45, 2.75) is 40.2 Å². The van der Waals surface area contributed by atoms with Gasteiger partial charge in [0.15, 0.2) is 6.61 Å². The predicted molar refractivity (Wildman–Crippen MR) is 140 cm³/mol. The van der Waals surface area contributed by atoms with Gasteiger partial charge in [-0.2, -0.15) is 5.26 Å². The highest BCUT2D eigenvalue weighted by Crippen LogP contribution is 2.33. The number of anilines is 1. The van der Waals surface area contributed by atoms with Crippen molar-refractivity contribution in [2.75, 3.05) is 31.6 Å². The minimum Gasteiger partial charge on any atom is -0.462 e. The second-order valence-corrected chi connectivity index (χ2v) is 9.69. The molecule has 0 fully saturated rings. The Kier molecular flexibility index (Phi) is 8.16. The highest BCUT2D eigenvalue weighted by atomic mass is 32.1. The number of para-hydroxylation sites is 1. The molecule has 0 spiro atoms. The molecule has 0 unspecified atom stereocenters. The highest BCUT2D eigenvalue weighted by Gasteiger charge is 2.27. The van der Waals surface area contributed by atoms with E-state index in [4.69, 9.17) is 14.5 Å². The molecule has 4 rings (SSSR count). The Morgan fingerprint density at radius 1 is 1.19 bits per heavy atom. The summed E-state index contributed by atoms with van der Waals surface area (Å²) in [5.74, 6) is -1.76. The number of benzene rings is 1. The number of fused-ring (bicyclic) bond motifs is 2.